The molecule has 1 aromatic carbocycles. The monoisotopic (exact) mass is 279 g/mol. The Bertz CT molecular complexity index is 561. The lowest BCUT2D eigenvalue weighted by atomic mass is 10.1. The first-order chi connectivity index (χ1) is 9.19. The molecule has 20 heavy (non-hydrogen) atoms. The van der Waals surface area contributed by atoms with Crippen LogP contribution in [-0.4, -0.2) is 33.9 Å². The van der Waals surface area contributed by atoms with Gasteiger partial charge in [0.15, 0.2) is 0 Å². The molecule has 2 rings (SSSR count). The number of anilines is 1. The van der Waals surface area contributed by atoms with Gasteiger partial charge in [-0.2, -0.15) is 0 Å². The van der Waals surface area contributed by atoms with E-state index in [1.54, 1.807) is 26.8 Å². The molecule has 0 spiro atoms. The third kappa shape index (κ3) is 2.68. The number of ether oxygens (including phenoxy) is 1. The summed E-state index contributed by atoms with van der Waals surface area (Å²) in [5, 5.41) is 18.8. The summed E-state index contributed by atoms with van der Waals surface area (Å²) in [7, 11) is 0. The van der Waals surface area contributed by atoms with E-state index in [1.165, 1.54) is 12.1 Å². The lowest BCUT2D eigenvalue weighted by molar-refractivity contribution is -0.138. The fourth-order valence-corrected chi connectivity index (χ4v) is 2.15. The van der Waals surface area contributed by atoms with E-state index in [4.69, 9.17) is 4.74 Å². The summed E-state index contributed by atoms with van der Waals surface area (Å²) < 4.78 is 5.24. The smallest absolute Gasteiger partial charge is 0.415 e. The van der Waals surface area contributed by atoms with E-state index in [0.717, 1.165) is 4.90 Å². The maximum absolute atomic E-state index is 12.2. The van der Waals surface area contributed by atoms with Crippen LogP contribution in [-0.2, 0) is 16.0 Å². The van der Waals surface area contributed by atoms with Gasteiger partial charge in [0.1, 0.15) is 17.4 Å². The van der Waals surface area contributed by atoms with Crippen molar-refractivity contribution < 1.29 is 24.5 Å². The summed E-state index contributed by atoms with van der Waals surface area (Å²) >= 11 is 0. The number of fused-ring (bicyclic) bond motifs is 1. The molecule has 1 atom stereocenters. The van der Waals surface area contributed by atoms with Crippen molar-refractivity contribution in [2.75, 3.05) is 4.90 Å². The zero-order valence-corrected chi connectivity index (χ0v) is 11.6. The lowest BCUT2D eigenvalue weighted by Crippen LogP contribution is -2.45. The molecule has 1 heterocycles. The minimum absolute atomic E-state index is 0.0247. The van der Waals surface area contributed by atoms with Gasteiger partial charge in [-0.15, -0.1) is 0 Å². The molecule has 0 saturated heterocycles. The van der Waals surface area contributed by atoms with Gasteiger partial charge in [-0.3, -0.25) is 4.90 Å². The van der Waals surface area contributed by atoms with Crippen LogP contribution in [0, 0.1) is 0 Å². The van der Waals surface area contributed by atoms with Gasteiger partial charge in [-0.05, 0) is 32.4 Å². The van der Waals surface area contributed by atoms with Crippen molar-refractivity contribution in [1.29, 1.82) is 0 Å². The molecule has 0 unspecified atom stereocenters. The van der Waals surface area contributed by atoms with Gasteiger partial charge in [0.2, 0.25) is 0 Å². The van der Waals surface area contributed by atoms with Gasteiger partial charge < -0.3 is 14.9 Å². The summed E-state index contributed by atoms with van der Waals surface area (Å²) in [6.45, 7) is 5.13. The Morgan fingerprint density at radius 3 is 2.55 bits per heavy atom. The number of benzene rings is 1. The van der Waals surface area contributed by atoms with E-state index in [9.17, 15) is 19.8 Å². The maximum atomic E-state index is 12.2. The van der Waals surface area contributed by atoms with Crippen molar-refractivity contribution >= 4 is 17.7 Å². The van der Waals surface area contributed by atoms with Gasteiger partial charge in [-0.25, -0.2) is 9.59 Å². The molecule has 6 nitrogen and oxygen atoms in total. The third-order valence-electron chi connectivity index (χ3n) is 2.93. The second-order valence-corrected chi connectivity index (χ2v) is 5.72. The fourth-order valence-electron chi connectivity index (χ4n) is 2.15. The topological polar surface area (TPSA) is 87.1 Å². The van der Waals surface area contributed by atoms with Gasteiger partial charge in [0.25, 0.3) is 0 Å². The molecule has 0 fully saturated rings. The summed E-state index contributed by atoms with van der Waals surface area (Å²) in [6.07, 6.45) is -0.529. The first-order valence-electron chi connectivity index (χ1n) is 6.26. The summed E-state index contributed by atoms with van der Waals surface area (Å²) in [5.41, 5.74) is 0.354. The number of carboxylic acid groups (broad SMARTS) is 1. The molecule has 6 heteroatoms. The molecule has 2 N–H and O–H groups in total. The normalized spacial score (nSPS) is 17.8. The molecule has 108 valence electrons. The van der Waals surface area contributed by atoms with Crippen LogP contribution in [0.15, 0.2) is 18.2 Å². The molecule has 0 aliphatic carbocycles. The molecule has 1 aromatic rings. The van der Waals surface area contributed by atoms with Gasteiger partial charge in [0, 0.05) is 12.5 Å². The average molecular weight is 279 g/mol. The number of carbonyl (C=O) groups is 2. The molecule has 1 amide bonds. The second kappa shape index (κ2) is 4.70. The van der Waals surface area contributed by atoms with Crippen molar-refractivity contribution in [3.63, 3.8) is 0 Å². The Labute approximate surface area is 116 Å². The minimum atomic E-state index is -1.11. The van der Waals surface area contributed by atoms with Crippen molar-refractivity contribution in [3.8, 4) is 5.75 Å². The van der Waals surface area contributed by atoms with Gasteiger partial charge in [-0.1, -0.05) is 6.07 Å². The summed E-state index contributed by atoms with van der Waals surface area (Å²) in [5.74, 6) is -1.13. The van der Waals surface area contributed by atoms with Crippen LogP contribution in [0.1, 0.15) is 26.3 Å². The molecular weight excluding hydrogens is 262 g/mol. The Kier molecular flexibility index (Phi) is 3.33. The summed E-state index contributed by atoms with van der Waals surface area (Å²) in [4.78, 5) is 24.6. The van der Waals surface area contributed by atoms with E-state index >= 15 is 0 Å². The largest absolute Gasteiger partial charge is 0.508 e. The fraction of sp³-hybridized carbons (Fsp3) is 0.429. The number of phenols is 1. The van der Waals surface area contributed by atoms with Crippen LogP contribution in [0.3, 0.4) is 0 Å². The van der Waals surface area contributed by atoms with E-state index in [0.29, 0.717) is 11.3 Å². The SMILES string of the molecule is CC(C)(C)OC(=O)N1c2cc(O)ccc2C[C@H]1C(=O)O. The van der Waals surface area contributed by atoms with Crippen molar-refractivity contribution in [1.82, 2.24) is 0 Å². The molecule has 1 aliphatic heterocycles. The molecule has 0 radical (unpaired) electrons. The molecule has 0 aromatic heterocycles. The highest BCUT2D eigenvalue weighted by atomic mass is 16.6. The minimum Gasteiger partial charge on any atom is -0.508 e. The predicted octanol–water partition coefficient (Wildman–Crippen LogP) is 2.14. The number of carbonyl (C=O) groups excluding carboxylic acids is 1. The molecule has 0 saturated carbocycles. The third-order valence-corrected chi connectivity index (χ3v) is 2.93. The predicted molar refractivity (Wildman–Crippen MR) is 71.9 cm³/mol. The van der Waals surface area contributed by atoms with E-state index < -0.39 is 23.7 Å². The standard InChI is InChI=1S/C14H17NO5/c1-14(2,3)20-13(19)15-10-7-9(16)5-4-8(10)6-11(15)12(17)18/h4-5,7,11,16H,6H2,1-3H3,(H,17,18)/t11-/m0/s1. The Morgan fingerprint density at radius 2 is 2.00 bits per heavy atom. The van der Waals surface area contributed by atoms with Crippen LogP contribution in [0.5, 0.6) is 5.75 Å². The van der Waals surface area contributed by atoms with Crippen molar-refractivity contribution in [2.45, 2.75) is 38.8 Å². The van der Waals surface area contributed by atoms with E-state index in [1.807, 2.05) is 0 Å². The lowest BCUT2D eigenvalue weighted by Gasteiger charge is -2.27. The second-order valence-electron chi connectivity index (χ2n) is 5.72. The zero-order chi connectivity index (χ0) is 15.1. The number of aromatic hydroxyl groups is 1. The Morgan fingerprint density at radius 1 is 1.35 bits per heavy atom. The number of phenolic OH excluding ortho intramolecular Hbond substituents is 1. The average Bonchev–Trinajstić information content (AvgIpc) is 2.65. The van der Waals surface area contributed by atoms with Crippen LogP contribution in [0.25, 0.3) is 0 Å². The van der Waals surface area contributed by atoms with E-state index in [2.05, 4.69) is 0 Å². The highest BCUT2D eigenvalue weighted by Crippen LogP contribution is 2.36. The van der Waals surface area contributed by atoms with Crippen LogP contribution < -0.4 is 4.90 Å². The number of amides is 1. The number of aliphatic carboxylic acids is 1. The molecule has 0 bridgehead atoms. The molecular formula is C14H17NO5. The van der Waals surface area contributed by atoms with Crippen molar-refractivity contribution in [3.05, 3.63) is 23.8 Å². The Hall–Kier alpha value is -2.24. The zero-order valence-electron chi connectivity index (χ0n) is 11.6. The van der Waals surface area contributed by atoms with E-state index in [-0.39, 0.29) is 12.2 Å². The van der Waals surface area contributed by atoms with Gasteiger partial charge in [0.05, 0.1) is 5.69 Å². The van der Waals surface area contributed by atoms with Crippen LogP contribution in [0.2, 0.25) is 0 Å². The Balaban J connectivity index is 2.39. The number of hydrogen-bond acceptors (Lipinski definition) is 4. The van der Waals surface area contributed by atoms with Crippen molar-refractivity contribution in [2.24, 2.45) is 0 Å². The molecule has 1 aliphatic rings. The first kappa shape index (κ1) is 14.2. The number of nitrogens with zero attached hydrogens (tertiary/aromatic N) is 1. The van der Waals surface area contributed by atoms with Gasteiger partial charge >= 0.3 is 12.1 Å². The first-order valence-corrected chi connectivity index (χ1v) is 6.26. The number of hydrogen-bond donors (Lipinski definition) is 2. The number of carboxylic acids is 1. The van der Waals surface area contributed by atoms with Crippen LogP contribution in [0.4, 0.5) is 10.5 Å². The summed E-state index contributed by atoms with van der Waals surface area (Å²) in [6, 6.07) is 3.45. The quantitative estimate of drug-likeness (QED) is 0.822. The highest BCUT2D eigenvalue weighted by Gasteiger charge is 2.40. The van der Waals surface area contributed by atoms with Crippen LogP contribution >= 0.6 is 0 Å². The maximum Gasteiger partial charge on any atom is 0.415 e. The highest BCUT2D eigenvalue weighted by molar-refractivity contribution is 5.98. The number of rotatable bonds is 1.